The summed E-state index contributed by atoms with van der Waals surface area (Å²) in [7, 11) is 0. The topological polar surface area (TPSA) is 81.2 Å². The van der Waals surface area contributed by atoms with E-state index < -0.39 is 6.43 Å². The number of nitrogens with zero attached hydrogens (tertiary/aromatic N) is 3. The summed E-state index contributed by atoms with van der Waals surface area (Å²) in [6.07, 6.45) is 1.99. The zero-order valence-corrected chi connectivity index (χ0v) is 19.0. The van der Waals surface area contributed by atoms with E-state index >= 15 is 0 Å². The van der Waals surface area contributed by atoms with Gasteiger partial charge in [0.1, 0.15) is 16.4 Å². The van der Waals surface area contributed by atoms with Crippen LogP contribution in [-0.4, -0.2) is 19.6 Å². The van der Waals surface area contributed by atoms with Crippen LogP contribution in [0.25, 0.3) is 31.7 Å². The highest BCUT2D eigenvalue weighted by molar-refractivity contribution is 7.25. The SMILES string of the molecule is O=c1c2c(nc(-c3ccc(C(F)F)cc3C3CC3)n1Cc1cnco1)sc1c(O)c(Cl)ccc12. The van der Waals surface area contributed by atoms with Crippen molar-refractivity contribution in [3.05, 3.63) is 75.2 Å². The number of oxazole rings is 1. The number of halogens is 3. The second-order valence-electron chi connectivity index (χ2n) is 8.27. The first-order valence-corrected chi connectivity index (χ1v) is 11.8. The number of phenols is 1. The molecule has 0 unspecified atom stereocenters. The highest BCUT2D eigenvalue weighted by Gasteiger charge is 2.30. The maximum Gasteiger partial charge on any atom is 0.263 e. The largest absolute Gasteiger partial charge is 0.505 e. The lowest BCUT2D eigenvalue weighted by atomic mass is 9.99. The summed E-state index contributed by atoms with van der Waals surface area (Å²) < 4.78 is 34.2. The van der Waals surface area contributed by atoms with Gasteiger partial charge in [-0.2, -0.15) is 0 Å². The normalized spacial score (nSPS) is 14.0. The number of fused-ring (bicyclic) bond motifs is 3. The Kier molecular flexibility index (Phi) is 4.93. The molecular formula is C24H16ClF2N3O3S. The van der Waals surface area contributed by atoms with Gasteiger partial charge in [-0.25, -0.2) is 18.7 Å². The molecule has 2 aromatic carbocycles. The maximum atomic E-state index is 13.8. The summed E-state index contributed by atoms with van der Waals surface area (Å²) in [6, 6.07) is 7.72. The van der Waals surface area contributed by atoms with Crippen molar-refractivity contribution in [3.8, 4) is 17.1 Å². The number of benzene rings is 2. The molecule has 0 atom stereocenters. The van der Waals surface area contributed by atoms with Gasteiger partial charge in [0.05, 0.1) is 27.9 Å². The van der Waals surface area contributed by atoms with E-state index in [-0.39, 0.29) is 34.4 Å². The quantitative estimate of drug-likeness (QED) is 0.299. The second-order valence-corrected chi connectivity index (χ2v) is 9.68. The van der Waals surface area contributed by atoms with Crippen LogP contribution in [0.4, 0.5) is 8.78 Å². The molecule has 172 valence electrons. The molecule has 1 N–H and O–H groups in total. The zero-order valence-electron chi connectivity index (χ0n) is 17.5. The van der Waals surface area contributed by atoms with Gasteiger partial charge in [-0.05, 0) is 36.5 Å². The Hall–Kier alpha value is -3.30. The van der Waals surface area contributed by atoms with E-state index in [1.807, 2.05) is 0 Å². The number of aromatic nitrogens is 3. The third-order valence-electron chi connectivity index (χ3n) is 6.07. The third kappa shape index (κ3) is 3.38. The Morgan fingerprint density at radius 1 is 1.26 bits per heavy atom. The number of aromatic hydroxyl groups is 1. The first kappa shape index (κ1) is 21.2. The van der Waals surface area contributed by atoms with Gasteiger partial charge in [-0.1, -0.05) is 29.8 Å². The van der Waals surface area contributed by atoms with Crippen LogP contribution in [0.1, 0.15) is 42.1 Å². The van der Waals surface area contributed by atoms with Crippen LogP contribution >= 0.6 is 22.9 Å². The van der Waals surface area contributed by atoms with E-state index in [2.05, 4.69) is 4.98 Å². The smallest absolute Gasteiger partial charge is 0.263 e. The summed E-state index contributed by atoms with van der Waals surface area (Å²) >= 11 is 7.25. The molecule has 3 aromatic heterocycles. The van der Waals surface area contributed by atoms with Gasteiger partial charge in [0.15, 0.2) is 12.1 Å². The summed E-state index contributed by atoms with van der Waals surface area (Å²) in [4.78, 5) is 23.0. The van der Waals surface area contributed by atoms with Crippen LogP contribution in [0, 0.1) is 0 Å². The first-order valence-electron chi connectivity index (χ1n) is 10.6. The second kappa shape index (κ2) is 7.89. The van der Waals surface area contributed by atoms with Crippen molar-refractivity contribution in [1.82, 2.24) is 14.5 Å². The predicted molar refractivity (Wildman–Crippen MR) is 126 cm³/mol. The molecule has 1 fully saturated rings. The van der Waals surface area contributed by atoms with Crippen LogP contribution in [0.2, 0.25) is 5.02 Å². The monoisotopic (exact) mass is 499 g/mol. The molecule has 0 radical (unpaired) electrons. The van der Waals surface area contributed by atoms with Crippen molar-refractivity contribution in [2.45, 2.75) is 31.7 Å². The molecule has 0 saturated heterocycles. The molecule has 3 heterocycles. The van der Waals surface area contributed by atoms with Crippen LogP contribution in [0.15, 0.2) is 52.1 Å². The molecule has 34 heavy (non-hydrogen) atoms. The van der Waals surface area contributed by atoms with Crippen molar-refractivity contribution in [2.24, 2.45) is 0 Å². The van der Waals surface area contributed by atoms with Gasteiger partial charge >= 0.3 is 0 Å². The minimum atomic E-state index is -2.59. The van der Waals surface area contributed by atoms with Crippen LogP contribution in [0.5, 0.6) is 5.75 Å². The molecule has 10 heteroatoms. The Labute approximate surface area is 200 Å². The van der Waals surface area contributed by atoms with Gasteiger partial charge in [-0.3, -0.25) is 9.36 Å². The fourth-order valence-electron chi connectivity index (χ4n) is 4.26. The third-order valence-corrected chi connectivity index (χ3v) is 7.48. The molecule has 0 aliphatic heterocycles. The van der Waals surface area contributed by atoms with Crippen molar-refractivity contribution >= 4 is 43.2 Å². The summed E-state index contributed by atoms with van der Waals surface area (Å²) in [5.41, 5.74) is 0.994. The van der Waals surface area contributed by atoms with E-state index in [0.717, 1.165) is 18.4 Å². The average Bonchev–Trinajstić information content (AvgIpc) is 3.41. The van der Waals surface area contributed by atoms with Crippen molar-refractivity contribution in [2.75, 3.05) is 0 Å². The zero-order chi connectivity index (χ0) is 23.6. The summed E-state index contributed by atoms with van der Waals surface area (Å²) in [5.74, 6) is 0.844. The fraction of sp³-hybridized carbons (Fsp3) is 0.208. The minimum Gasteiger partial charge on any atom is -0.505 e. The maximum absolute atomic E-state index is 13.8. The number of phenolic OH excluding ortho intramolecular Hbond substituents is 1. The molecule has 1 saturated carbocycles. The Bertz CT molecular complexity index is 1620. The minimum absolute atomic E-state index is 0.0581. The van der Waals surface area contributed by atoms with E-state index in [1.54, 1.807) is 12.1 Å². The van der Waals surface area contributed by atoms with Crippen molar-refractivity contribution in [3.63, 3.8) is 0 Å². The lowest BCUT2D eigenvalue weighted by molar-refractivity contribution is 0.151. The molecule has 6 rings (SSSR count). The van der Waals surface area contributed by atoms with E-state index in [0.29, 0.717) is 37.5 Å². The molecule has 0 spiro atoms. The molecule has 5 aromatic rings. The lowest BCUT2D eigenvalue weighted by Gasteiger charge is -2.16. The number of hydrogen-bond donors (Lipinski definition) is 1. The summed E-state index contributed by atoms with van der Waals surface area (Å²) in [6.45, 7) is 0.0642. The van der Waals surface area contributed by atoms with Gasteiger partial charge in [0.25, 0.3) is 12.0 Å². The molecule has 0 bridgehead atoms. The first-order chi connectivity index (χ1) is 16.4. The predicted octanol–water partition coefficient (Wildman–Crippen LogP) is 6.49. The Balaban J connectivity index is 1.67. The lowest BCUT2D eigenvalue weighted by Crippen LogP contribution is -2.24. The molecule has 1 aliphatic rings. The van der Waals surface area contributed by atoms with Gasteiger partial charge in [0.2, 0.25) is 0 Å². The number of hydrogen-bond acceptors (Lipinski definition) is 6. The molecule has 6 nitrogen and oxygen atoms in total. The van der Waals surface area contributed by atoms with E-state index in [1.165, 1.54) is 46.7 Å². The highest BCUT2D eigenvalue weighted by atomic mass is 35.5. The van der Waals surface area contributed by atoms with Crippen molar-refractivity contribution < 1.29 is 18.3 Å². The number of rotatable bonds is 5. The van der Waals surface area contributed by atoms with Gasteiger partial charge in [0, 0.05) is 16.5 Å². The summed E-state index contributed by atoms with van der Waals surface area (Å²) in [5, 5.41) is 11.6. The van der Waals surface area contributed by atoms with Gasteiger partial charge in [-0.15, -0.1) is 11.3 Å². The van der Waals surface area contributed by atoms with Crippen LogP contribution in [-0.2, 0) is 6.54 Å². The van der Waals surface area contributed by atoms with Crippen molar-refractivity contribution in [1.29, 1.82) is 0 Å². The standard InChI is InChI=1S/C24H16ClF2N3O3S/c25-17-6-5-15-18-23(34-20(15)19(17)31)29-22(30(24(18)32)9-13-8-28-10-33-13)14-4-3-12(21(26)27)7-16(14)11-1-2-11/h3-8,10-11,21,31H,1-2,9H2. The number of thiophene rings is 1. The van der Waals surface area contributed by atoms with Gasteiger partial charge < -0.3 is 9.52 Å². The Morgan fingerprint density at radius 3 is 2.79 bits per heavy atom. The average molecular weight is 500 g/mol. The fourth-order valence-corrected chi connectivity index (χ4v) is 5.59. The highest BCUT2D eigenvalue weighted by Crippen LogP contribution is 2.46. The van der Waals surface area contributed by atoms with Crippen LogP contribution in [0.3, 0.4) is 0 Å². The van der Waals surface area contributed by atoms with E-state index in [9.17, 15) is 18.7 Å². The molecule has 0 amide bonds. The number of alkyl halides is 2. The van der Waals surface area contributed by atoms with Crippen LogP contribution < -0.4 is 5.56 Å². The Morgan fingerprint density at radius 2 is 2.09 bits per heavy atom. The molecule has 1 aliphatic carbocycles. The van der Waals surface area contributed by atoms with E-state index in [4.69, 9.17) is 21.0 Å². The molecular weight excluding hydrogens is 484 g/mol.